The first kappa shape index (κ1) is 18.8. The Hall–Kier alpha value is -3.25. The highest BCUT2D eigenvalue weighted by Gasteiger charge is 2.20. The van der Waals surface area contributed by atoms with E-state index in [9.17, 15) is 0 Å². The minimum absolute atomic E-state index is 0.854. The van der Waals surface area contributed by atoms with Crippen LogP contribution in [0.15, 0.2) is 67.1 Å². The van der Waals surface area contributed by atoms with E-state index >= 15 is 0 Å². The number of aryl methyl sites for hydroxylation is 1. The van der Waals surface area contributed by atoms with Gasteiger partial charge in [0.05, 0.1) is 17.3 Å². The van der Waals surface area contributed by atoms with E-state index in [0.717, 1.165) is 61.7 Å². The minimum atomic E-state index is 0.854. The minimum Gasteiger partial charge on any atom is -0.355 e. The van der Waals surface area contributed by atoms with Gasteiger partial charge in [-0.3, -0.25) is 4.90 Å². The number of hydrogen-bond donors (Lipinski definition) is 0. The third kappa shape index (κ3) is 3.78. The van der Waals surface area contributed by atoms with Crippen molar-refractivity contribution in [2.24, 2.45) is 0 Å². The Morgan fingerprint density at radius 3 is 2.53 bits per heavy atom. The molecule has 0 unspecified atom stereocenters. The van der Waals surface area contributed by atoms with Crippen LogP contribution >= 0.6 is 0 Å². The Morgan fingerprint density at radius 1 is 0.867 bits per heavy atom. The monoisotopic (exact) mass is 398 g/mol. The van der Waals surface area contributed by atoms with Crippen LogP contribution in [-0.4, -0.2) is 50.8 Å². The Morgan fingerprint density at radius 2 is 1.70 bits per heavy atom. The molecular formula is C24H26N6. The fraction of sp³-hybridized carbons (Fsp3) is 0.292. The lowest BCUT2D eigenvalue weighted by molar-refractivity contribution is 0.285. The molecule has 152 valence electrons. The van der Waals surface area contributed by atoms with Gasteiger partial charge in [0, 0.05) is 32.7 Å². The van der Waals surface area contributed by atoms with E-state index < -0.39 is 0 Å². The SMILES string of the molecule is Cc1ccc(CN2CCCN(c3ncnc4c3cnn4-c3ccccc3)CC2)cc1. The summed E-state index contributed by atoms with van der Waals surface area (Å²) in [5.74, 6) is 0.986. The highest BCUT2D eigenvalue weighted by Crippen LogP contribution is 2.25. The third-order valence-electron chi connectivity index (χ3n) is 5.76. The molecule has 0 radical (unpaired) electrons. The summed E-state index contributed by atoms with van der Waals surface area (Å²) in [5, 5.41) is 5.61. The molecule has 0 N–H and O–H groups in total. The van der Waals surface area contributed by atoms with E-state index in [4.69, 9.17) is 0 Å². The van der Waals surface area contributed by atoms with Crippen molar-refractivity contribution in [3.8, 4) is 5.69 Å². The molecule has 1 aliphatic rings. The van der Waals surface area contributed by atoms with Crippen molar-refractivity contribution >= 4 is 16.9 Å². The van der Waals surface area contributed by atoms with Crippen molar-refractivity contribution in [1.29, 1.82) is 0 Å². The lowest BCUT2D eigenvalue weighted by atomic mass is 10.1. The summed E-state index contributed by atoms with van der Waals surface area (Å²) in [6.45, 7) is 7.20. The Kier molecular flexibility index (Phi) is 5.15. The zero-order valence-electron chi connectivity index (χ0n) is 17.3. The van der Waals surface area contributed by atoms with Crippen LogP contribution in [0.4, 0.5) is 5.82 Å². The standard InChI is InChI=1S/C24H26N6/c1-19-8-10-20(11-9-19)17-28-12-5-13-29(15-14-28)23-22-16-27-30(24(22)26-18-25-23)21-6-3-2-4-7-21/h2-4,6-11,16,18H,5,12-15,17H2,1H3. The molecule has 1 aliphatic heterocycles. The number of nitrogens with zero attached hydrogens (tertiary/aromatic N) is 6. The summed E-state index contributed by atoms with van der Waals surface area (Å²) in [4.78, 5) is 14.1. The number of para-hydroxylation sites is 1. The number of rotatable bonds is 4. The molecule has 6 nitrogen and oxygen atoms in total. The van der Waals surface area contributed by atoms with Crippen LogP contribution in [-0.2, 0) is 6.54 Å². The normalized spacial score (nSPS) is 15.4. The fourth-order valence-corrected chi connectivity index (χ4v) is 4.13. The van der Waals surface area contributed by atoms with Gasteiger partial charge in [0.15, 0.2) is 5.65 Å². The van der Waals surface area contributed by atoms with Crippen LogP contribution in [0.1, 0.15) is 17.5 Å². The quantitative estimate of drug-likeness (QED) is 0.523. The average Bonchev–Trinajstić information content (AvgIpc) is 3.09. The van der Waals surface area contributed by atoms with E-state index in [2.05, 4.69) is 56.1 Å². The molecule has 0 aliphatic carbocycles. The van der Waals surface area contributed by atoms with Crippen molar-refractivity contribution in [2.45, 2.75) is 19.9 Å². The molecule has 0 spiro atoms. The van der Waals surface area contributed by atoms with Gasteiger partial charge in [0.25, 0.3) is 0 Å². The summed E-state index contributed by atoms with van der Waals surface area (Å²) in [7, 11) is 0. The van der Waals surface area contributed by atoms with Crippen LogP contribution in [0.25, 0.3) is 16.7 Å². The highest BCUT2D eigenvalue weighted by molar-refractivity contribution is 5.87. The average molecular weight is 399 g/mol. The van der Waals surface area contributed by atoms with Crippen molar-refractivity contribution in [1.82, 2.24) is 24.6 Å². The first-order valence-corrected chi connectivity index (χ1v) is 10.5. The third-order valence-corrected chi connectivity index (χ3v) is 5.76. The molecule has 5 rings (SSSR count). The maximum Gasteiger partial charge on any atom is 0.168 e. The summed E-state index contributed by atoms with van der Waals surface area (Å²) in [6.07, 6.45) is 4.67. The van der Waals surface area contributed by atoms with E-state index in [1.165, 1.54) is 11.1 Å². The molecule has 2 aromatic heterocycles. The number of benzene rings is 2. The maximum absolute atomic E-state index is 4.64. The molecule has 4 aromatic rings. The number of aromatic nitrogens is 4. The maximum atomic E-state index is 4.64. The van der Waals surface area contributed by atoms with Gasteiger partial charge in [-0.25, -0.2) is 14.6 Å². The summed E-state index contributed by atoms with van der Waals surface area (Å²) < 4.78 is 1.89. The van der Waals surface area contributed by atoms with E-state index in [0.29, 0.717) is 0 Å². The number of hydrogen-bond acceptors (Lipinski definition) is 5. The second-order valence-corrected chi connectivity index (χ2v) is 7.93. The van der Waals surface area contributed by atoms with Crippen molar-refractivity contribution in [3.63, 3.8) is 0 Å². The Balaban J connectivity index is 1.36. The number of anilines is 1. The number of fused-ring (bicyclic) bond motifs is 1. The van der Waals surface area contributed by atoms with Crippen LogP contribution < -0.4 is 4.90 Å². The van der Waals surface area contributed by atoms with Crippen molar-refractivity contribution < 1.29 is 0 Å². The molecule has 0 atom stereocenters. The predicted octanol–water partition coefficient (Wildman–Crippen LogP) is 3.84. The molecule has 1 saturated heterocycles. The van der Waals surface area contributed by atoms with Crippen molar-refractivity contribution in [3.05, 3.63) is 78.2 Å². The zero-order chi connectivity index (χ0) is 20.3. The summed E-state index contributed by atoms with van der Waals surface area (Å²) in [6, 6.07) is 19.0. The topological polar surface area (TPSA) is 50.1 Å². The first-order valence-electron chi connectivity index (χ1n) is 10.5. The predicted molar refractivity (Wildman–Crippen MR) is 120 cm³/mol. The first-order chi connectivity index (χ1) is 14.8. The molecule has 2 aromatic carbocycles. The zero-order valence-corrected chi connectivity index (χ0v) is 17.3. The van der Waals surface area contributed by atoms with Gasteiger partial charge in [0.2, 0.25) is 0 Å². The summed E-state index contributed by atoms with van der Waals surface area (Å²) >= 11 is 0. The van der Waals surface area contributed by atoms with E-state index in [1.807, 2.05) is 41.2 Å². The Labute approximate surface area is 176 Å². The van der Waals surface area contributed by atoms with Crippen LogP contribution in [0.5, 0.6) is 0 Å². The lowest BCUT2D eigenvalue weighted by Gasteiger charge is -2.23. The van der Waals surface area contributed by atoms with Gasteiger partial charge in [-0.1, -0.05) is 48.0 Å². The van der Waals surface area contributed by atoms with Crippen LogP contribution in [0.3, 0.4) is 0 Å². The van der Waals surface area contributed by atoms with E-state index in [1.54, 1.807) is 6.33 Å². The smallest absolute Gasteiger partial charge is 0.168 e. The molecule has 0 saturated carbocycles. The molecule has 3 heterocycles. The lowest BCUT2D eigenvalue weighted by Crippen LogP contribution is -2.31. The largest absolute Gasteiger partial charge is 0.355 e. The molecule has 1 fully saturated rings. The second-order valence-electron chi connectivity index (χ2n) is 7.93. The van der Waals surface area contributed by atoms with E-state index in [-0.39, 0.29) is 0 Å². The highest BCUT2D eigenvalue weighted by atomic mass is 15.3. The van der Waals surface area contributed by atoms with Crippen LogP contribution in [0.2, 0.25) is 0 Å². The summed E-state index contributed by atoms with van der Waals surface area (Å²) in [5.41, 5.74) is 4.55. The van der Waals surface area contributed by atoms with Gasteiger partial charge in [-0.2, -0.15) is 5.10 Å². The molecule has 0 bridgehead atoms. The molecule has 30 heavy (non-hydrogen) atoms. The molecule has 0 amide bonds. The molecular weight excluding hydrogens is 372 g/mol. The van der Waals surface area contributed by atoms with Gasteiger partial charge >= 0.3 is 0 Å². The van der Waals surface area contributed by atoms with Crippen molar-refractivity contribution in [2.75, 3.05) is 31.1 Å². The molecule has 6 heteroatoms. The van der Waals surface area contributed by atoms with Gasteiger partial charge in [-0.05, 0) is 31.0 Å². The van der Waals surface area contributed by atoms with Gasteiger partial charge in [-0.15, -0.1) is 0 Å². The second kappa shape index (κ2) is 8.24. The van der Waals surface area contributed by atoms with Crippen LogP contribution in [0, 0.1) is 6.92 Å². The van der Waals surface area contributed by atoms with Gasteiger partial charge in [0.1, 0.15) is 12.1 Å². The van der Waals surface area contributed by atoms with Gasteiger partial charge < -0.3 is 4.90 Å². The fourth-order valence-electron chi connectivity index (χ4n) is 4.13. The Bertz CT molecular complexity index is 1120.